The number of piperidine rings is 1. The zero-order valence-corrected chi connectivity index (χ0v) is 10.4. The van der Waals surface area contributed by atoms with E-state index in [1.54, 1.807) is 0 Å². The summed E-state index contributed by atoms with van der Waals surface area (Å²) in [5.74, 6) is 0.646. The van der Waals surface area contributed by atoms with Crippen molar-refractivity contribution in [2.24, 2.45) is 11.3 Å². The van der Waals surface area contributed by atoms with Gasteiger partial charge in [-0.25, -0.2) is 0 Å². The van der Waals surface area contributed by atoms with Crippen molar-refractivity contribution in [3.8, 4) is 0 Å². The third-order valence-corrected chi connectivity index (χ3v) is 3.10. The van der Waals surface area contributed by atoms with Crippen LogP contribution in [0.25, 0.3) is 0 Å². The van der Waals surface area contributed by atoms with Gasteiger partial charge < -0.3 is 9.64 Å². The van der Waals surface area contributed by atoms with Gasteiger partial charge in [0.1, 0.15) is 0 Å². The first-order chi connectivity index (χ1) is 6.95. The first kappa shape index (κ1) is 12.5. The monoisotopic (exact) mass is 213 g/mol. The fourth-order valence-electron chi connectivity index (χ4n) is 2.33. The van der Waals surface area contributed by atoms with E-state index < -0.39 is 0 Å². The Balaban J connectivity index is 2.49. The summed E-state index contributed by atoms with van der Waals surface area (Å²) in [5, 5.41) is 0. The van der Waals surface area contributed by atoms with Crippen LogP contribution in [0.2, 0.25) is 0 Å². The van der Waals surface area contributed by atoms with Gasteiger partial charge in [0.2, 0.25) is 0 Å². The minimum Gasteiger partial charge on any atom is -0.469 e. The van der Waals surface area contributed by atoms with Crippen molar-refractivity contribution >= 4 is 5.97 Å². The Hall–Kier alpha value is -0.570. The van der Waals surface area contributed by atoms with Gasteiger partial charge in [-0.05, 0) is 39.2 Å². The summed E-state index contributed by atoms with van der Waals surface area (Å²) < 4.78 is 4.82. The van der Waals surface area contributed by atoms with Crippen molar-refractivity contribution < 1.29 is 9.53 Å². The quantitative estimate of drug-likeness (QED) is 0.671. The zero-order valence-electron chi connectivity index (χ0n) is 10.4. The van der Waals surface area contributed by atoms with Gasteiger partial charge in [-0.3, -0.25) is 4.79 Å². The number of carbonyl (C=O) groups excluding carboxylic acids is 1. The van der Waals surface area contributed by atoms with E-state index in [1.165, 1.54) is 20.0 Å². The van der Waals surface area contributed by atoms with Gasteiger partial charge in [-0.1, -0.05) is 6.92 Å². The lowest BCUT2D eigenvalue weighted by molar-refractivity contribution is -0.152. The molecule has 15 heavy (non-hydrogen) atoms. The summed E-state index contributed by atoms with van der Waals surface area (Å²) >= 11 is 0. The molecule has 1 unspecified atom stereocenters. The highest BCUT2D eigenvalue weighted by Crippen LogP contribution is 2.23. The van der Waals surface area contributed by atoms with E-state index in [0.717, 1.165) is 25.6 Å². The molecule has 0 aromatic rings. The molecule has 0 aromatic carbocycles. The fourth-order valence-corrected chi connectivity index (χ4v) is 2.33. The third kappa shape index (κ3) is 3.49. The summed E-state index contributed by atoms with van der Waals surface area (Å²) in [6.07, 6.45) is 2.56. The van der Waals surface area contributed by atoms with Crippen LogP contribution >= 0.6 is 0 Å². The molecule has 88 valence electrons. The van der Waals surface area contributed by atoms with Crippen LogP contribution in [0.3, 0.4) is 0 Å². The first-order valence-electron chi connectivity index (χ1n) is 5.76. The van der Waals surface area contributed by atoms with Crippen LogP contribution in [-0.4, -0.2) is 37.6 Å². The second kappa shape index (κ2) is 4.97. The van der Waals surface area contributed by atoms with Crippen molar-refractivity contribution in [3.63, 3.8) is 0 Å². The zero-order chi connectivity index (χ0) is 11.5. The van der Waals surface area contributed by atoms with Crippen LogP contribution in [0.5, 0.6) is 0 Å². The fraction of sp³-hybridized carbons (Fsp3) is 0.917. The largest absolute Gasteiger partial charge is 0.469 e. The topological polar surface area (TPSA) is 29.5 Å². The van der Waals surface area contributed by atoms with Gasteiger partial charge in [-0.2, -0.15) is 0 Å². The molecule has 0 amide bonds. The number of carbonyl (C=O) groups is 1. The Morgan fingerprint density at radius 1 is 1.53 bits per heavy atom. The van der Waals surface area contributed by atoms with Gasteiger partial charge in [-0.15, -0.1) is 0 Å². The summed E-state index contributed by atoms with van der Waals surface area (Å²) in [4.78, 5) is 13.9. The number of methoxy groups -OCH3 is 1. The maximum Gasteiger partial charge on any atom is 0.312 e. The van der Waals surface area contributed by atoms with Gasteiger partial charge in [0.25, 0.3) is 0 Å². The van der Waals surface area contributed by atoms with E-state index in [-0.39, 0.29) is 11.4 Å². The molecule has 1 saturated heterocycles. The number of rotatable bonds is 3. The summed E-state index contributed by atoms with van der Waals surface area (Å²) in [5.41, 5.74) is -0.383. The van der Waals surface area contributed by atoms with Crippen LogP contribution in [0.1, 0.15) is 33.6 Å². The molecule has 0 bridgehead atoms. The minimum atomic E-state index is -0.383. The Kier molecular flexibility index (Phi) is 4.14. The van der Waals surface area contributed by atoms with Crippen LogP contribution in [0.15, 0.2) is 0 Å². The highest BCUT2D eigenvalue weighted by atomic mass is 16.5. The SMILES string of the molecule is COC(=O)C(C)(C)CN1CCCC(C)C1. The lowest BCUT2D eigenvalue weighted by atomic mass is 9.90. The molecule has 0 spiro atoms. The molecule has 3 nitrogen and oxygen atoms in total. The van der Waals surface area contributed by atoms with Crippen LogP contribution < -0.4 is 0 Å². The Morgan fingerprint density at radius 3 is 2.73 bits per heavy atom. The highest BCUT2D eigenvalue weighted by Gasteiger charge is 2.32. The van der Waals surface area contributed by atoms with Crippen LogP contribution in [0, 0.1) is 11.3 Å². The molecule has 1 aliphatic heterocycles. The number of hydrogen-bond donors (Lipinski definition) is 0. The van der Waals surface area contributed by atoms with Gasteiger partial charge in [0.15, 0.2) is 0 Å². The van der Waals surface area contributed by atoms with E-state index in [0.29, 0.717) is 0 Å². The number of nitrogens with zero attached hydrogens (tertiary/aromatic N) is 1. The predicted octanol–water partition coefficient (Wildman–Crippen LogP) is 1.92. The van der Waals surface area contributed by atoms with E-state index >= 15 is 0 Å². The summed E-state index contributed by atoms with van der Waals surface area (Å²) in [7, 11) is 1.46. The molecule has 1 fully saturated rings. The molecule has 1 atom stereocenters. The molecule has 1 rings (SSSR count). The predicted molar refractivity (Wildman–Crippen MR) is 60.6 cm³/mol. The molecule has 0 aliphatic carbocycles. The van der Waals surface area contributed by atoms with Crippen molar-refractivity contribution in [1.82, 2.24) is 4.90 Å². The van der Waals surface area contributed by atoms with Gasteiger partial charge in [0.05, 0.1) is 12.5 Å². The van der Waals surface area contributed by atoms with Crippen molar-refractivity contribution in [2.75, 3.05) is 26.7 Å². The first-order valence-corrected chi connectivity index (χ1v) is 5.76. The van der Waals surface area contributed by atoms with Crippen molar-refractivity contribution in [1.29, 1.82) is 0 Å². The number of esters is 1. The van der Waals surface area contributed by atoms with Crippen LogP contribution in [0.4, 0.5) is 0 Å². The lowest BCUT2D eigenvalue weighted by Gasteiger charge is -2.35. The molecule has 0 aromatic heterocycles. The van der Waals surface area contributed by atoms with Crippen molar-refractivity contribution in [3.05, 3.63) is 0 Å². The van der Waals surface area contributed by atoms with Gasteiger partial charge >= 0.3 is 5.97 Å². The lowest BCUT2D eigenvalue weighted by Crippen LogP contribution is -2.44. The summed E-state index contributed by atoms with van der Waals surface area (Å²) in [6.45, 7) is 9.22. The smallest absolute Gasteiger partial charge is 0.312 e. The van der Waals surface area contributed by atoms with Crippen molar-refractivity contribution in [2.45, 2.75) is 33.6 Å². The molecule has 0 radical (unpaired) electrons. The third-order valence-electron chi connectivity index (χ3n) is 3.10. The number of likely N-dealkylation sites (tertiary alicyclic amines) is 1. The second-order valence-electron chi connectivity index (χ2n) is 5.36. The molecular formula is C12H23NO2. The Bertz CT molecular complexity index is 226. The molecular weight excluding hydrogens is 190 g/mol. The van der Waals surface area contributed by atoms with E-state index in [4.69, 9.17) is 4.74 Å². The van der Waals surface area contributed by atoms with Crippen LogP contribution in [-0.2, 0) is 9.53 Å². The highest BCUT2D eigenvalue weighted by molar-refractivity contribution is 5.76. The average Bonchev–Trinajstić information content (AvgIpc) is 2.15. The van der Waals surface area contributed by atoms with Gasteiger partial charge in [0, 0.05) is 13.1 Å². The Morgan fingerprint density at radius 2 is 2.20 bits per heavy atom. The molecule has 0 saturated carbocycles. The standard InChI is InChI=1S/C12H23NO2/c1-10-6-5-7-13(8-10)9-12(2,3)11(14)15-4/h10H,5-9H2,1-4H3. The minimum absolute atomic E-state index is 0.110. The van der Waals surface area contributed by atoms with E-state index in [1.807, 2.05) is 13.8 Å². The second-order valence-corrected chi connectivity index (χ2v) is 5.36. The molecule has 1 heterocycles. The van der Waals surface area contributed by atoms with E-state index in [2.05, 4.69) is 11.8 Å². The number of ether oxygens (including phenoxy) is 1. The normalized spacial score (nSPS) is 23.9. The molecule has 3 heteroatoms. The molecule has 0 N–H and O–H groups in total. The average molecular weight is 213 g/mol. The maximum absolute atomic E-state index is 11.5. The van der Waals surface area contributed by atoms with E-state index in [9.17, 15) is 4.79 Å². The Labute approximate surface area is 92.8 Å². The summed E-state index contributed by atoms with van der Waals surface area (Å²) in [6, 6.07) is 0. The maximum atomic E-state index is 11.5. The number of hydrogen-bond acceptors (Lipinski definition) is 3. The molecule has 1 aliphatic rings.